The molecule has 0 fully saturated rings. The van der Waals surface area contributed by atoms with E-state index in [0.29, 0.717) is 5.56 Å². The fourth-order valence-electron chi connectivity index (χ4n) is 1.95. The highest BCUT2D eigenvalue weighted by Gasteiger charge is 2.02. The van der Waals surface area contributed by atoms with Gasteiger partial charge < -0.3 is 0 Å². The summed E-state index contributed by atoms with van der Waals surface area (Å²) >= 11 is 3.44. The van der Waals surface area contributed by atoms with Crippen LogP contribution in [-0.2, 0) is 13.1 Å². The molecule has 2 nitrogen and oxygen atoms in total. The summed E-state index contributed by atoms with van der Waals surface area (Å²) in [5.74, 6) is 0. The summed E-state index contributed by atoms with van der Waals surface area (Å²) < 4.78 is 1.10. The zero-order valence-corrected chi connectivity index (χ0v) is 12.4. The van der Waals surface area contributed by atoms with Crippen LogP contribution in [0.3, 0.4) is 0 Å². The number of nitriles is 1. The van der Waals surface area contributed by atoms with Gasteiger partial charge in [-0.05, 0) is 42.4 Å². The summed E-state index contributed by atoms with van der Waals surface area (Å²) in [7, 11) is 2.10. The van der Waals surface area contributed by atoms with Crippen LogP contribution in [0.1, 0.15) is 16.7 Å². The van der Waals surface area contributed by atoms with Crippen molar-refractivity contribution in [1.82, 2.24) is 4.90 Å². The molecule has 0 aromatic heterocycles. The van der Waals surface area contributed by atoms with Crippen LogP contribution in [0.5, 0.6) is 0 Å². The maximum Gasteiger partial charge on any atom is 0.0991 e. The van der Waals surface area contributed by atoms with E-state index in [0.717, 1.165) is 17.6 Å². The van der Waals surface area contributed by atoms with E-state index in [4.69, 9.17) is 5.26 Å². The first-order valence-corrected chi connectivity index (χ1v) is 6.89. The molecule has 0 bridgehead atoms. The van der Waals surface area contributed by atoms with Crippen molar-refractivity contribution in [2.45, 2.75) is 13.1 Å². The van der Waals surface area contributed by atoms with Crippen LogP contribution < -0.4 is 0 Å². The SMILES string of the molecule is CN(Cc1ccc(Br)cc1)Cc1ccc(C#N)cc1. The molecule has 0 aliphatic rings. The largest absolute Gasteiger partial charge is 0.298 e. The smallest absolute Gasteiger partial charge is 0.0991 e. The molecule has 2 aromatic carbocycles. The quantitative estimate of drug-likeness (QED) is 0.854. The Morgan fingerprint density at radius 3 is 1.89 bits per heavy atom. The van der Waals surface area contributed by atoms with Crippen LogP contribution in [-0.4, -0.2) is 11.9 Å². The lowest BCUT2D eigenvalue weighted by Gasteiger charge is -2.17. The van der Waals surface area contributed by atoms with Crippen LogP contribution in [0.4, 0.5) is 0 Å². The van der Waals surface area contributed by atoms with Crippen LogP contribution in [0.2, 0.25) is 0 Å². The Labute approximate surface area is 122 Å². The van der Waals surface area contributed by atoms with Crippen molar-refractivity contribution in [1.29, 1.82) is 5.26 Å². The Bertz CT molecular complexity index is 567. The Morgan fingerprint density at radius 2 is 1.42 bits per heavy atom. The van der Waals surface area contributed by atoms with Gasteiger partial charge in [0.15, 0.2) is 0 Å². The zero-order chi connectivity index (χ0) is 13.7. The van der Waals surface area contributed by atoms with Gasteiger partial charge in [-0.15, -0.1) is 0 Å². The second-order valence-corrected chi connectivity index (χ2v) is 5.52. The van der Waals surface area contributed by atoms with Gasteiger partial charge in [0, 0.05) is 17.6 Å². The summed E-state index contributed by atoms with van der Waals surface area (Å²) in [5, 5.41) is 8.76. The molecule has 0 spiro atoms. The summed E-state index contributed by atoms with van der Waals surface area (Å²) in [4.78, 5) is 2.25. The number of hydrogen-bond acceptors (Lipinski definition) is 2. The van der Waals surface area contributed by atoms with E-state index in [1.807, 2.05) is 24.3 Å². The maximum absolute atomic E-state index is 8.76. The molecule has 0 aliphatic heterocycles. The van der Waals surface area contributed by atoms with Crippen LogP contribution in [0, 0.1) is 11.3 Å². The Morgan fingerprint density at radius 1 is 0.947 bits per heavy atom. The predicted octanol–water partition coefficient (Wildman–Crippen LogP) is 3.95. The molecule has 3 heteroatoms. The van der Waals surface area contributed by atoms with E-state index in [2.05, 4.69) is 58.2 Å². The van der Waals surface area contributed by atoms with Crippen LogP contribution in [0.25, 0.3) is 0 Å². The van der Waals surface area contributed by atoms with Crippen molar-refractivity contribution in [3.8, 4) is 6.07 Å². The molecule has 2 rings (SSSR count). The van der Waals surface area contributed by atoms with E-state index in [1.165, 1.54) is 11.1 Å². The second-order valence-electron chi connectivity index (χ2n) is 4.61. The van der Waals surface area contributed by atoms with Gasteiger partial charge in [0.2, 0.25) is 0 Å². The Kier molecular flexibility index (Phi) is 4.73. The number of nitrogens with zero attached hydrogens (tertiary/aromatic N) is 2. The second kappa shape index (κ2) is 6.51. The molecule has 0 heterocycles. The van der Waals surface area contributed by atoms with Crippen LogP contribution in [0.15, 0.2) is 53.0 Å². The lowest BCUT2D eigenvalue weighted by molar-refractivity contribution is 0.319. The lowest BCUT2D eigenvalue weighted by Crippen LogP contribution is -2.17. The molecule has 0 saturated carbocycles. The minimum Gasteiger partial charge on any atom is -0.298 e. The molecule has 2 aromatic rings. The molecule has 0 saturated heterocycles. The molecule has 0 N–H and O–H groups in total. The fourth-order valence-corrected chi connectivity index (χ4v) is 2.22. The summed E-state index contributed by atoms with van der Waals surface area (Å²) in [6, 6.07) is 18.3. The molecular formula is C16H15BrN2. The molecule has 0 radical (unpaired) electrons. The maximum atomic E-state index is 8.76. The third-order valence-corrected chi connectivity index (χ3v) is 3.43. The molecule has 0 unspecified atom stereocenters. The van der Waals surface area contributed by atoms with Gasteiger partial charge >= 0.3 is 0 Å². The highest BCUT2D eigenvalue weighted by Crippen LogP contribution is 2.13. The topological polar surface area (TPSA) is 27.0 Å². The number of rotatable bonds is 4. The van der Waals surface area contributed by atoms with E-state index in [-0.39, 0.29) is 0 Å². The molecule has 19 heavy (non-hydrogen) atoms. The zero-order valence-electron chi connectivity index (χ0n) is 10.8. The van der Waals surface area contributed by atoms with E-state index in [1.54, 1.807) is 0 Å². The monoisotopic (exact) mass is 314 g/mol. The first kappa shape index (κ1) is 13.8. The fraction of sp³-hybridized carbons (Fsp3) is 0.188. The number of hydrogen-bond donors (Lipinski definition) is 0. The van der Waals surface area contributed by atoms with Gasteiger partial charge in [0.1, 0.15) is 0 Å². The van der Waals surface area contributed by atoms with Gasteiger partial charge in [-0.2, -0.15) is 5.26 Å². The number of halogens is 1. The minimum absolute atomic E-state index is 0.708. The summed E-state index contributed by atoms with van der Waals surface area (Å²) in [6.07, 6.45) is 0. The Balaban J connectivity index is 1.95. The van der Waals surface area contributed by atoms with E-state index < -0.39 is 0 Å². The van der Waals surface area contributed by atoms with Crippen LogP contribution >= 0.6 is 15.9 Å². The highest BCUT2D eigenvalue weighted by atomic mass is 79.9. The van der Waals surface area contributed by atoms with Gasteiger partial charge in [0.05, 0.1) is 11.6 Å². The molecule has 0 atom stereocenters. The first-order chi connectivity index (χ1) is 9.17. The van der Waals surface area contributed by atoms with Gasteiger partial charge in [-0.25, -0.2) is 0 Å². The normalized spacial score (nSPS) is 10.4. The first-order valence-electron chi connectivity index (χ1n) is 6.09. The predicted molar refractivity (Wildman–Crippen MR) is 80.5 cm³/mol. The van der Waals surface area contributed by atoms with Gasteiger partial charge in [-0.3, -0.25) is 4.90 Å². The van der Waals surface area contributed by atoms with Gasteiger partial charge in [0.25, 0.3) is 0 Å². The van der Waals surface area contributed by atoms with Crippen molar-refractivity contribution >= 4 is 15.9 Å². The van der Waals surface area contributed by atoms with Gasteiger partial charge in [-0.1, -0.05) is 40.2 Å². The van der Waals surface area contributed by atoms with Crippen molar-refractivity contribution in [2.24, 2.45) is 0 Å². The third-order valence-electron chi connectivity index (χ3n) is 2.90. The third kappa shape index (κ3) is 4.20. The lowest BCUT2D eigenvalue weighted by atomic mass is 10.1. The van der Waals surface area contributed by atoms with Crippen molar-refractivity contribution in [3.05, 3.63) is 69.7 Å². The number of benzene rings is 2. The summed E-state index contributed by atoms with van der Waals surface area (Å²) in [5.41, 5.74) is 3.22. The van der Waals surface area contributed by atoms with Crippen molar-refractivity contribution in [2.75, 3.05) is 7.05 Å². The van der Waals surface area contributed by atoms with E-state index in [9.17, 15) is 0 Å². The molecule has 0 amide bonds. The average Bonchev–Trinajstić information content (AvgIpc) is 2.42. The minimum atomic E-state index is 0.708. The van der Waals surface area contributed by atoms with Crippen molar-refractivity contribution < 1.29 is 0 Å². The Hall–Kier alpha value is -1.63. The van der Waals surface area contributed by atoms with E-state index >= 15 is 0 Å². The summed E-state index contributed by atoms with van der Waals surface area (Å²) in [6.45, 7) is 1.79. The molecular weight excluding hydrogens is 300 g/mol. The molecule has 0 aliphatic carbocycles. The standard InChI is InChI=1S/C16H15BrN2/c1-19(12-15-6-8-16(17)9-7-15)11-14-4-2-13(10-18)3-5-14/h2-9H,11-12H2,1H3. The highest BCUT2D eigenvalue weighted by molar-refractivity contribution is 9.10. The van der Waals surface area contributed by atoms with Crippen molar-refractivity contribution in [3.63, 3.8) is 0 Å². The average molecular weight is 315 g/mol. The molecule has 96 valence electrons.